The summed E-state index contributed by atoms with van der Waals surface area (Å²) in [5.41, 5.74) is 3.31. The standard InChI is InChI=1S/C17H20Cl2N4/c1-17(2,3)16-20-8-11-6-7-23(10-13(11)21-16)9-12-4-5-14(18)22-15(12)19/h4-5,8H,6-7,9-10H2,1-3H3. The summed E-state index contributed by atoms with van der Waals surface area (Å²) in [7, 11) is 0. The highest BCUT2D eigenvalue weighted by molar-refractivity contribution is 6.32. The Bertz CT molecular complexity index is 725. The van der Waals surface area contributed by atoms with E-state index in [1.807, 2.05) is 12.3 Å². The van der Waals surface area contributed by atoms with Crippen molar-refractivity contribution in [2.24, 2.45) is 0 Å². The Balaban J connectivity index is 1.79. The smallest absolute Gasteiger partial charge is 0.135 e. The minimum atomic E-state index is -0.0410. The molecule has 23 heavy (non-hydrogen) atoms. The van der Waals surface area contributed by atoms with Crippen molar-refractivity contribution in [3.63, 3.8) is 0 Å². The van der Waals surface area contributed by atoms with Crippen LogP contribution in [0.25, 0.3) is 0 Å². The molecule has 0 radical (unpaired) electrons. The van der Waals surface area contributed by atoms with E-state index in [9.17, 15) is 0 Å². The molecule has 0 N–H and O–H groups in total. The SMILES string of the molecule is CC(C)(C)c1ncc2c(n1)CN(Cc1ccc(Cl)nc1Cl)CC2. The van der Waals surface area contributed by atoms with Gasteiger partial charge >= 0.3 is 0 Å². The van der Waals surface area contributed by atoms with Crippen LogP contribution in [-0.4, -0.2) is 26.4 Å². The zero-order valence-corrected chi connectivity index (χ0v) is 15.1. The number of hydrogen-bond acceptors (Lipinski definition) is 4. The van der Waals surface area contributed by atoms with Gasteiger partial charge < -0.3 is 0 Å². The van der Waals surface area contributed by atoms with Crippen molar-refractivity contribution >= 4 is 23.2 Å². The van der Waals surface area contributed by atoms with Gasteiger partial charge in [-0.1, -0.05) is 50.0 Å². The lowest BCUT2D eigenvalue weighted by Gasteiger charge is -2.29. The van der Waals surface area contributed by atoms with Gasteiger partial charge in [-0.3, -0.25) is 4.90 Å². The van der Waals surface area contributed by atoms with Crippen molar-refractivity contribution in [3.8, 4) is 0 Å². The van der Waals surface area contributed by atoms with Gasteiger partial charge in [0.2, 0.25) is 0 Å². The van der Waals surface area contributed by atoms with Crippen LogP contribution in [0.2, 0.25) is 10.3 Å². The van der Waals surface area contributed by atoms with Gasteiger partial charge in [-0.25, -0.2) is 15.0 Å². The Labute approximate surface area is 146 Å². The molecule has 0 aliphatic carbocycles. The first-order valence-corrected chi connectivity index (χ1v) is 8.47. The molecule has 0 bridgehead atoms. The van der Waals surface area contributed by atoms with E-state index in [0.29, 0.717) is 10.3 Å². The van der Waals surface area contributed by atoms with Crippen LogP contribution in [0, 0.1) is 0 Å². The molecule has 122 valence electrons. The first-order valence-electron chi connectivity index (χ1n) is 7.71. The van der Waals surface area contributed by atoms with E-state index in [0.717, 1.165) is 43.1 Å². The van der Waals surface area contributed by atoms with Gasteiger partial charge in [0.15, 0.2) is 0 Å². The van der Waals surface area contributed by atoms with E-state index in [2.05, 4.69) is 35.6 Å². The van der Waals surface area contributed by atoms with Gasteiger partial charge in [0.25, 0.3) is 0 Å². The van der Waals surface area contributed by atoms with Crippen LogP contribution in [0.15, 0.2) is 18.3 Å². The summed E-state index contributed by atoms with van der Waals surface area (Å²) in [6.45, 7) is 8.92. The number of nitrogens with zero attached hydrogens (tertiary/aromatic N) is 4. The van der Waals surface area contributed by atoms with Crippen molar-refractivity contribution in [1.29, 1.82) is 0 Å². The predicted molar refractivity (Wildman–Crippen MR) is 92.8 cm³/mol. The van der Waals surface area contributed by atoms with Crippen LogP contribution < -0.4 is 0 Å². The molecule has 0 aromatic carbocycles. The molecule has 1 aliphatic rings. The number of pyridine rings is 1. The quantitative estimate of drug-likeness (QED) is 0.766. The molecule has 0 amide bonds. The van der Waals surface area contributed by atoms with Crippen molar-refractivity contribution in [1.82, 2.24) is 19.9 Å². The number of hydrogen-bond donors (Lipinski definition) is 0. The van der Waals surface area contributed by atoms with Crippen LogP contribution in [0.5, 0.6) is 0 Å². The van der Waals surface area contributed by atoms with Crippen LogP contribution in [-0.2, 0) is 24.9 Å². The number of aromatic nitrogens is 3. The molecule has 0 spiro atoms. The Morgan fingerprint density at radius 1 is 1.17 bits per heavy atom. The van der Waals surface area contributed by atoms with Crippen molar-refractivity contribution in [2.45, 2.75) is 45.7 Å². The molecular weight excluding hydrogens is 331 g/mol. The van der Waals surface area contributed by atoms with Gasteiger partial charge in [0.1, 0.15) is 16.1 Å². The Kier molecular flexibility index (Phi) is 4.59. The third kappa shape index (κ3) is 3.82. The van der Waals surface area contributed by atoms with Crippen LogP contribution in [0.1, 0.15) is 43.4 Å². The molecule has 3 heterocycles. The second-order valence-electron chi connectivity index (χ2n) is 6.96. The Hall–Kier alpha value is -1.23. The topological polar surface area (TPSA) is 41.9 Å². The highest BCUT2D eigenvalue weighted by Gasteiger charge is 2.23. The van der Waals surface area contributed by atoms with Crippen LogP contribution in [0.3, 0.4) is 0 Å². The highest BCUT2D eigenvalue weighted by Crippen LogP contribution is 2.25. The summed E-state index contributed by atoms with van der Waals surface area (Å²) in [6.07, 6.45) is 2.94. The van der Waals surface area contributed by atoms with E-state index < -0.39 is 0 Å². The van der Waals surface area contributed by atoms with Gasteiger partial charge in [-0.05, 0) is 18.1 Å². The molecular formula is C17H20Cl2N4. The fraction of sp³-hybridized carbons (Fsp3) is 0.471. The summed E-state index contributed by atoms with van der Waals surface area (Å²) in [5, 5.41) is 0.895. The first kappa shape index (κ1) is 16.6. The first-order chi connectivity index (χ1) is 10.8. The van der Waals surface area contributed by atoms with E-state index in [4.69, 9.17) is 28.2 Å². The highest BCUT2D eigenvalue weighted by atomic mass is 35.5. The maximum Gasteiger partial charge on any atom is 0.135 e. The zero-order chi connectivity index (χ0) is 16.6. The molecule has 0 atom stereocenters. The molecule has 0 unspecified atom stereocenters. The summed E-state index contributed by atoms with van der Waals surface area (Å²) in [4.78, 5) is 15.8. The average Bonchev–Trinajstić information content (AvgIpc) is 2.48. The maximum absolute atomic E-state index is 6.19. The van der Waals surface area contributed by atoms with Crippen LogP contribution >= 0.6 is 23.2 Å². The fourth-order valence-corrected chi connectivity index (χ4v) is 3.06. The molecule has 0 fully saturated rings. The van der Waals surface area contributed by atoms with Gasteiger partial charge in [-0.2, -0.15) is 0 Å². The van der Waals surface area contributed by atoms with E-state index in [1.54, 1.807) is 6.07 Å². The minimum absolute atomic E-state index is 0.0410. The average molecular weight is 351 g/mol. The van der Waals surface area contributed by atoms with Crippen molar-refractivity contribution in [3.05, 3.63) is 51.3 Å². The van der Waals surface area contributed by atoms with Crippen molar-refractivity contribution < 1.29 is 0 Å². The molecule has 1 aliphatic heterocycles. The lowest BCUT2D eigenvalue weighted by atomic mass is 9.95. The second kappa shape index (κ2) is 6.34. The van der Waals surface area contributed by atoms with Crippen LogP contribution in [0.4, 0.5) is 0 Å². The number of fused-ring (bicyclic) bond motifs is 1. The third-order valence-electron chi connectivity index (χ3n) is 3.98. The molecule has 4 nitrogen and oxygen atoms in total. The van der Waals surface area contributed by atoms with Gasteiger partial charge in [0, 0.05) is 36.8 Å². The van der Waals surface area contributed by atoms with Gasteiger partial charge in [-0.15, -0.1) is 0 Å². The molecule has 0 saturated heterocycles. The van der Waals surface area contributed by atoms with E-state index in [1.165, 1.54) is 5.56 Å². The normalized spacial score (nSPS) is 15.5. The molecule has 6 heteroatoms. The van der Waals surface area contributed by atoms with E-state index >= 15 is 0 Å². The monoisotopic (exact) mass is 350 g/mol. The zero-order valence-electron chi connectivity index (χ0n) is 13.6. The molecule has 0 saturated carbocycles. The Morgan fingerprint density at radius 2 is 1.96 bits per heavy atom. The van der Waals surface area contributed by atoms with Gasteiger partial charge in [0.05, 0.1) is 5.69 Å². The number of halogens is 2. The third-order valence-corrected chi connectivity index (χ3v) is 4.52. The summed E-state index contributed by atoms with van der Waals surface area (Å²) < 4.78 is 0. The summed E-state index contributed by atoms with van der Waals surface area (Å²) >= 11 is 12.0. The largest absolute Gasteiger partial charge is 0.293 e. The van der Waals surface area contributed by atoms with Crippen molar-refractivity contribution in [2.75, 3.05) is 6.54 Å². The lowest BCUT2D eigenvalue weighted by Crippen LogP contribution is -2.32. The fourth-order valence-electron chi connectivity index (χ4n) is 2.65. The second-order valence-corrected chi connectivity index (χ2v) is 7.71. The minimum Gasteiger partial charge on any atom is -0.293 e. The maximum atomic E-state index is 6.19. The molecule has 2 aromatic heterocycles. The van der Waals surface area contributed by atoms with E-state index in [-0.39, 0.29) is 5.41 Å². The summed E-state index contributed by atoms with van der Waals surface area (Å²) in [6, 6.07) is 3.72. The summed E-state index contributed by atoms with van der Waals surface area (Å²) in [5.74, 6) is 0.893. The number of rotatable bonds is 2. The predicted octanol–water partition coefficient (Wildman–Crippen LogP) is 4.03. The molecule has 3 rings (SSSR count). The Morgan fingerprint density at radius 3 is 2.65 bits per heavy atom. The lowest BCUT2D eigenvalue weighted by molar-refractivity contribution is 0.240. The molecule has 2 aromatic rings.